The molecule has 2 aromatic heterocycles. The Bertz CT molecular complexity index is 856. The maximum Gasteiger partial charge on any atom is 0.341 e. The van der Waals surface area contributed by atoms with Crippen LogP contribution in [-0.4, -0.2) is 33.3 Å². The number of halogens is 1. The van der Waals surface area contributed by atoms with Gasteiger partial charge >= 0.3 is 5.97 Å². The van der Waals surface area contributed by atoms with Crippen molar-refractivity contribution in [3.05, 3.63) is 51.9 Å². The molecular weight excluding hydrogens is 364 g/mol. The molecular formula is C15H13BrN4O3. The van der Waals surface area contributed by atoms with Gasteiger partial charge in [-0.3, -0.25) is 0 Å². The van der Waals surface area contributed by atoms with E-state index in [4.69, 9.17) is 9.15 Å². The molecule has 0 aliphatic rings. The highest BCUT2D eigenvalue weighted by atomic mass is 79.9. The molecule has 0 radical (unpaired) electrons. The van der Waals surface area contributed by atoms with Crippen molar-refractivity contribution in [2.45, 2.75) is 13.5 Å². The normalized spacial score (nSPS) is 10.7. The average Bonchev–Trinajstić information content (AvgIpc) is 3.14. The Morgan fingerprint density at radius 3 is 2.91 bits per heavy atom. The van der Waals surface area contributed by atoms with Crippen LogP contribution < -0.4 is 0 Å². The molecule has 0 aliphatic heterocycles. The Hall–Kier alpha value is -2.48. The third-order valence-corrected chi connectivity index (χ3v) is 3.93. The molecule has 0 bridgehead atoms. The molecule has 0 spiro atoms. The molecule has 0 atom stereocenters. The van der Waals surface area contributed by atoms with Gasteiger partial charge in [0.1, 0.15) is 23.6 Å². The Kier molecular flexibility index (Phi) is 4.24. The topological polar surface area (TPSA) is 83.0 Å². The molecule has 0 saturated carbocycles. The lowest BCUT2D eigenvalue weighted by atomic mass is 10.2. The Morgan fingerprint density at radius 2 is 2.17 bits per heavy atom. The molecule has 0 saturated heterocycles. The highest BCUT2D eigenvalue weighted by Crippen LogP contribution is 2.24. The minimum Gasteiger partial charge on any atom is -0.465 e. The molecule has 23 heavy (non-hydrogen) atoms. The van der Waals surface area contributed by atoms with E-state index in [1.807, 2.05) is 24.3 Å². The van der Waals surface area contributed by atoms with Crippen LogP contribution in [0.25, 0.3) is 11.4 Å². The number of carbonyl (C=O) groups excluding carboxylic acids is 1. The van der Waals surface area contributed by atoms with Crippen LogP contribution in [0.1, 0.15) is 21.9 Å². The summed E-state index contributed by atoms with van der Waals surface area (Å²) < 4.78 is 11.1. The zero-order valence-corrected chi connectivity index (χ0v) is 14.1. The molecule has 3 rings (SSSR count). The van der Waals surface area contributed by atoms with E-state index in [1.165, 1.54) is 11.9 Å². The van der Waals surface area contributed by atoms with Crippen LogP contribution in [0, 0.1) is 6.92 Å². The quantitative estimate of drug-likeness (QED) is 0.651. The predicted octanol–water partition coefficient (Wildman–Crippen LogP) is 2.84. The molecule has 0 unspecified atom stereocenters. The minimum atomic E-state index is -0.432. The van der Waals surface area contributed by atoms with Crippen LogP contribution in [0.2, 0.25) is 0 Å². The third-order valence-electron chi connectivity index (χ3n) is 3.24. The summed E-state index contributed by atoms with van der Waals surface area (Å²) >= 11 is 3.46. The highest BCUT2D eigenvalue weighted by Gasteiger charge is 2.16. The number of nitrogens with zero attached hydrogens (tertiary/aromatic N) is 4. The molecule has 3 aromatic rings. The molecule has 118 valence electrons. The monoisotopic (exact) mass is 376 g/mol. The summed E-state index contributed by atoms with van der Waals surface area (Å²) in [5.74, 6) is 1.13. The van der Waals surface area contributed by atoms with Crippen LogP contribution in [0.4, 0.5) is 0 Å². The van der Waals surface area contributed by atoms with Crippen LogP contribution >= 0.6 is 15.9 Å². The lowest BCUT2D eigenvalue weighted by molar-refractivity contribution is 0.0599. The molecule has 2 heterocycles. The largest absolute Gasteiger partial charge is 0.465 e. The van der Waals surface area contributed by atoms with Gasteiger partial charge in [-0.05, 0) is 30.3 Å². The molecule has 0 aliphatic carbocycles. The van der Waals surface area contributed by atoms with Crippen molar-refractivity contribution in [2.24, 2.45) is 0 Å². The van der Waals surface area contributed by atoms with E-state index in [2.05, 4.69) is 31.3 Å². The van der Waals surface area contributed by atoms with Crippen molar-refractivity contribution in [1.82, 2.24) is 20.2 Å². The van der Waals surface area contributed by atoms with Gasteiger partial charge in [0, 0.05) is 10.0 Å². The number of aromatic nitrogens is 4. The number of furan rings is 1. The average molecular weight is 377 g/mol. The van der Waals surface area contributed by atoms with E-state index in [1.54, 1.807) is 13.0 Å². The number of carbonyl (C=O) groups is 1. The zero-order chi connectivity index (χ0) is 16.4. The first-order chi connectivity index (χ1) is 11.1. The fourth-order valence-electron chi connectivity index (χ4n) is 2.13. The standard InChI is InChI=1S/C15H13BrN4O3/c1-9-12(15(21)22-2)7-10(23-9)8-20-18-14(17-19-20)11-5-3-4-6-13(11)16/h3-7H,8H2,1-2H3. The molecule has 8 heteroatoms. The fourth-order valence-corrected chi connectivity index (χ4v) is 2.60. The number of methoxy groups -OCH3 is 1. The van der Waals surface area contributed by atoms with Crippen molar-refractivity contribution in [1.29, 1.82) is 0 Å². The molecule has 0 N–H and O–H groups in total. The first-order valence-corrected chi connectivity index (χ1v) is 7.58. The number of benzene rings is 1. The lowest BCUT2D eigenvalue weighted by Gasteiger charge is -1.97. The van der Waals surface area contributed by atoms with E-state index in [-0.39, 0.29) is 6.54 Å². The molecule has 1 aromatic carbocycles. The smallest absolute Gasteiger partial charge is 0.341 e. The second kappa shape index (κ2) is 6.33. The van der Waals surface area contributed by atoms with Gasteiger partial charge in [-0.2, -0.15) is 4.80 Å². The van der Waals surface area contributed by atoms with Crippen molar-refractivity contribution < 1.29 is 13.9 Å². The summed E-state index contributed by atoms with van der Waals surface area (Å²) in [7, 11) is 1.33. The van der Waals surface area contributed by atoms with Crippen molar-refractivity contribution in [3.63, 3.8) is 0 Å². The highest BCUT2D eigenvalue weighted by molar-refractivity contribution is 9.10. The molecule has 0 amide bonds. The first kappa shape index (κ1) is 15.4. The Morgan fingerprint density at radius 1 is 1.39 bits per heavy atom. The SMILES string of the molecule is COC(=O)c1cc(Cn2nnc(-c3ccccc3Br)n2)oc1C. The zero-order valence-electron chi connectivity index (χ0n) is 12.5. The number of hydrogen-bond donors (Lipinski definition) is 0. The van der Waals surface area contributed by atoms with Gasteiger partial charge in [-0.1, -0.05) is 28.1 Å². The van der Waals surface area contributed by atoms with E-state index in [9.17, 15) is 4.79 Å². The first-order valence-electron chi connectivity index (χ1n) is 6.79. The van der Waals surface area contributed by atoms with Crippen LogP contribution in [0.3, 0.4) is 0 Å². The van der Waals surface area contributed by atoms with Gasteiger partial charge in [0.25, 0.3) is 0 Å². The van der Waals surface area contributed by atoms with Gasteiger partial charge < -0.3 is 9.15 Å². The van der Waals surface area contributed by atoms with Gasteiger partial charge in [0.2, 0.25) is 5.82 Å². The van der Waals surface area contributed by atoms with E-state index < -0.39 is 5.97 Å². The maximum atomic E-state index is 11.6. The number of aryl methyl sites for hydroxylation is 1. The summed E-state index contributed by atoms with van der Waals surface area (Å²) in [6, 6.07) is 9.26. The lowest BCUT2D eigenvalue weighted by Crippen LogP contribution is -2.03. The number of hydrogen-bond acceptors (Lipinski definition) is 6. The van der Waals surface area contributed by atoms with Gasteiger partial charge in [-0.15, -0.1) is 10.2 Å². The predicted molar refractivity (Wildman–Crippen MR) is 84.8 cm³/mol. The Labute approximate surface area is 140 Å². The maximum absolute atomic E-state index is 11.6. The van der Waals surface area contributed by atoms with E-state index in [0.717, 1.165) is 10.0 Å². The fraction of sp³-hybridized carbons (Fsp3) is 0.200. The van der Waals surface area contributed by atoms with Gasteiger partial charge in [0.05, 0.1) is 7.11 Å². The van der Waals surface area contributed by atoms with Crippen molar-refractivity contribution in [3.8, 4) is 11.4 Å². The van der Waals surface area contributed by atoms with Gasteiger partial charge in [-0.25, -0.2) is 4.79 Å². The summed E-state index contributed by atoms with van der Waals surface area (Å²) in [6.45, 7) is 1.98. The molecule has 7 nitrogen and oxygen atoms in total. The summed E-state index contributed by atoms with van der Waals surface area (Å²) in [5.41, 5.74) is 1.25. The third kappa shape index (κ3) is 3.16. The van der Waals surface area contributed by atoms with Crippen LogP contribution in [0.15, 0.2) is 39.2 Å². The van der Waals surface area contributed by atoms with Crippen molar-refractivity contribution in [2.75, 3.05) is 7.11 Å². The van der Waals surface area contributed by atoms with E-state index in [0.29, 0.717) is 22.9 Å². The van der Waals surface area contributed by atoms with E-state index >= 15 is 0 Å². The van der Waals surface area contributed by atoms with Crippen LogP contribution in [0.5, 0.6) is 0 Å². The summed E-state index contributed by atoms with van der Waals surface area (Å²) in [4.78, 5) is 13.0. The number of rotatable bonds is 4. The van der Waals surface area contributed by atoms with Crippen molar-refractivity contribution >= 4 is 21.9 Å². The second-order valence-corrected chi connectivity index (χ2v) is 5.65. The number of ether oxygens (including phenoxy) is 1. The summed E-state index contributed by atoms with van der Waals surface area (Å²) in [6.07, 6.45) is 0. The number of tetrazole rings is 1. The Balaban J connectivity index is 1.83. The number of esters is 1. The minimum absolute atomic E-state index is 0.273. The van der Waals surface area contributed by atoms with Gasteiger partial charge in [0.15, 0.2) is 0 Å². The summed E-state index contributed by atoms with van der Waals surface area (Å²) in [5, 5.41) is 12.4. The second-order valence-electron chi connectivity index (χ2n) is 4.80. The molecule has 0 fully saturated rings. The van der Waals surface area contributed by atoms with Crippen LogP contribution in [-0.2, 0) is 11.3 Å².